The van der Waals surface area contributed by atoms with Gasteiger partial charge in [0, 0.05) is 5.75 Å². The zero-order valence-corrected chi connectivity index (χ0v) is 22.3. The van der Waals surface area contributed by atoms with Gasteiger partial charge in [0.2, 0.25) is 8.24 Å². The lowest BCUT2D eigenvalue weighted by Gasteiger charge is -2.54. The van der Waals surface area contributed by atoms with E-state index in [-0.39, 0.29) is 6.17 Å². The van der Waals surface area contributed by atoms with E-state index in [1.54, 1.807) is 0 Å². The van der Waals surface area contributed by atoms with Crippen LogP contribution in [0.15, 0.2) is 96.0 Å². The molecule has 1 aliphatic heterocycles. The van der Waals surface area contributed by atoms with E-state index in [0.29, 0.717) is 0 Å². The maximum atomic E-state index is 5.12. The quantitative estimate of drug-likeness (QED) is 0.318. The Morgan fingerprint density at radius 2 is 1.12 bits per heavy atom. The lowest BCUT2D eigenvalue weighted by atomic mass is 10.3. The predicted molar refractivity (Wildman–Crippen MR) is 148 cm³/mol. The number of hydrogen-bond acceptors (Lipinski definition) is 3. The smallest absolute Gasteiger partial charge is 0.220 e. The molecule has 2 nitrogen and oxygen atoms in total. The number of aliphatic imine (C=N–C) groups is 1. The Morgan fingerprint density at radius 3 is 1.44 bits per heavy atom. The second-order valence-corrected chi connectivity index (χ2v) is 18.5. The number of benzene rings is 3. The van der Waals surface area contributed by atoms with Gasteiger partial charge in [-0.25, -0.2) is 0 Å². The molecule has 3 aromatic carbocycles. The van der Waals surface area contributed by atoms with Gasteiger partial charge in [0.25, 0.3) is 0 Å². The van der Waals surface area contributed by atoms with Crippen molar-refractivity contribution in [2.45, 2.75) is 45.1 Å². The van der Waals surface area contributed by atoms with Gasteiger partial charge in [0.05, 0.1) is 5.55 Å². The van der Waals surface area contributed by atoms with Gasteiger partial charge < -0.3 is 4.23 Å². The number of thioether (sulfide) groups is 1. The van der Waals surface area contributed by atoms with E-state index in [9.17, 15) is 0 Å². The maximum Gasteiger partial charge on any atom is 0.220 e. The van der Waals surface area contributed by atoms with E-state index in [4.69, 9.17) is 4.99 Å². The van der Waals surface area contributed by atoms with E-state index in [1.165, 1.54) is 33.7 Å². The summed E-state index contributed by atoms with van der Waals surface area (Å²) in [6.45, 7) is 7.29. The Hall–Kier alpha value is -1.93. The first kappa shape index (κ1) is 23.2. The Bertz CT molecular complexity index is 903. The third kappa shape index (κ3) is 3.96. The summed E-state index contributed by atoms with van der Waals surface area (Å²) in [5.74, 6) is 1.05. The van der Waals surface area contributed by atoms with Crippen LogP contribution >= 0.6 is 11.8 Å². The van der Waals surface area contributed by atoms with Crippen molar-refractivity contribution in [2.24, 2.45) is 4.99 Å². The van der Waals surface area contributed by atoms with Gasteiger partial charge in [0.15, 0.2) is 0 Å². The third-order valence-corrected chi connectivity index (χ3v) is 20.3. The van der Waals surface area contributed by atoms with Crippen molar-refractivity contribution in [3.05, 3.63) is 91.0 Å². The van der Waals surface area contributed by atoms with E-state index in [0.717, 1.165) is 5.75 Å². The van der Waals surface area contributed by atoms with Crippen molar-refractivity contribution in [3.63, 3.8) is 0 Å². The standard InChI is InChI=1S/C27H34N2SSi2/c1-4-31(5-2,6-3)29(27-22-30-23-28-27)32(24-16-10-7-11-17-24,25-18-12-8-13-19-25)26-20-14-9-15-21-26/h7-21,23,27H,4-6,22H2,1-3H3. The molecule has 5 heteroatoms. The van der Waals surface area contributed by atoms with Crippen molar-refractivity contribution in [1.29, 1.82) is 0 Å². The highest BCUT2D eigenvalue weighted by molar-refractivity contribution is 8.12. The molecule has 1 aliphatic rings. The molecule has 0 fully saturated rings. The fourth-order valence-electron chi connectivity index (χ4n) is 5.54. The van der Waals surface area contributed by atoms with Crippen LogP contribution in [-0.2, 0) is 0 Å². The molecule has 0 aromatic heterocycles. The molecule has 1 unspecified atom stereocenters. The average molecular weight is 475 g/mol. The van der Waals surface area contributed by atoms with Crippen LogP contribution in [0.2, 0.25) is 18.1 Å². The topological polar surface area (TPSA) is 15.6 Å². The van der Waals surface area contributed by atoms with Gasteiger partial charge in [-0.05, 0) is 33.7 Å². The lowest BCUT2D eigenvalue weighted by molar-refractivity contribution is 0.499. The summed E-state index contributed by atoms with van der Waals surface area (Å²) in [6, 6.07) is 37.8. The molecule has 0 aliphatic carbocycles. The summed E-state index contributed by atoms with van der Waals surface area (Å²) in [6.07, 6.45) is 0.235. The van der Waals surface area contributed by atoms with Gasteiger partial charge in [-0.3, -0.25) is 4.99 Å². The highest BCUT2D eigenvalue weighted by Crippen LogP contribution is 2.35. The van der Waals surface area contributed by atoms with Gasteiger partial charge in [-0.15, -0.1) is 11.8 Å². The van der Waals surface area contributed by atoms with Crippen molar-refractivity contribution in [2.75, 3.05) is 5.75 Å². The molecule has 0 saturated heterocycles. The molecule has 166 valence electrons. The minimum Gasteiger partial charge on any atom is -0.313 e. The summed E-state index contributed by atoms with van der Waals surface area (Å²) in [5.41, 5.74) is 2.10. The van der Waals surface area contributed by atoms with Gasteiger partial charge >= 0.3 is 0 Å². The molecule has 0 amide bonds. The molecule has 3 aromatic rings. The minimum absolute atomic E-state index is 0.235. The average Bonchev–Trinajstić information content (AvgIpc) is 3.41. The first-order chi connectivity index (χ1) is 15.7. The van der Waals surface area contributed by atoms with Crippen LogP contribution in [0, 0.1) is 0 Å². The van der Waals surface area contributed by atoms with Crippen LogP contribution in [0.4, 0.5) is 0 Å². The van der Waals surface area contributed by atoms with Crippen LogP contribution in [0.25, 0.3) is 0 Å². The van der Waals surface area contributed by atoms with Crippen molar-refractivity contribution in [3.8, 4) is 0 Å². The van der Waals surface area contributed by atoms with Crippen molar-refractivity contribution >= 4 is 49.3 Å². The molecule has 1 heterocycles. The molecule has 0 radical (unpaired) electrons. The molecular weight excluding hydrogens is 441 g/mol. The summed E-state index contributed by atoms with van der Waals surface area (Å²) in [4.78, 5) is 5.12. The van der Waals surface area contributed by atoms with Crippen LogP contribution < -0.4 is 15.6 Å². The summed E-state index contributed by atoms with van der Waals surface area (Å²) < 4.78 is 3.05. The summed E-state index contributed by atoms with van der Waals surface area (Å²) in [7, 11) is -4.38. The van der Waals surface area contributed by atoms with Crippen molar-refractivity contribution in [1.82, 2.24) is 4.23 Å². The monoisotopic (exact) mass is 474 g/mol. The highest BCUT2D eigenvalue weighted by Gasteiger charge is 2.55. The minimum atomic E-state index is -2.55. The number of rotatable bonds is 9. The fourth-order valence-corrected chi connectivity index (χ4v) is 19.7. The summed E-state index contributed by atoms with van der Waals surface area (Å²) in [5, 5.41) is 4.41. The maximum absolute atomic E-state index is 5.12. The zero-order valence-electron chi connectivity index (χ0n) is 19.4. The zero-order chi connectivity index (χ0) is 22.4. The van der Waals surface area contributed by atoms with E-state index in [1.807, 2.05) is 11.8 Å². The Morgan fingerprint density at radius 1 is 0.719 bits per heavy atom. The lowest BCUT2D eigenvalue weighted by Crippen LogP contribution is -2.84. The molecular formula is C27H34N2SSi2. The Balaban J connectivity index is 2.15. The SMILES string of the molecule is CC[Si](CC)(CC)N(C1CSC=N1)[Si](c1ccccc1)(c1ccccc1)c1ccccc1. The molecule has 4 rings (SSSR count). The normalized spacial score (nSPS) is 16.6. The second kappa shape index (κ2) is 10.3. The van der Waals surface area contributed by atoms with Crippen LogP contribution in [0.3, 0.4) is 0 Å². The second-order valence-electron chi connectivity index (χ2n) is 8.53. The van der Waals surface area contributed by atoms with Crippen LogP contribution in [-0.4, -0.2) is 38.2 Å². The molecule has 1 atom stereocenters. The molecule has 32 heavy (non-hydrogen) atoms. The van der Waals surface area contributed by atoms with Gasteiger partial charge in [-0.1, -0.05) is 112 Å². The van der Waals surface area contributed by atoms with Gasteiger partial charge in [0.1, 0.15) is 14.4 Å². The third-order valence-electron chi connectivity index (χ3n) is 7.27. The molecule has 0 spiro atoms. The first-order valence-electron chi connectivity index (χ1n) is 11.8. The molecule has 0 saturated carbocycles. The fraction of sp³-hybridized carbons (Fsp3) is 0.296. The first-order valence-corrected chi connectivity index (χ1v) is 17.4. The van der Waals surface area contributed by atoms with Gasteiger partial charge in [-0.2, -0.15) is 0 Å². The largest absolute Gasteiger partial charge is 0.313 e. The van der Waals surface area contributed by atoms with E-state index in [2.05, 4.69) is 122 Å². The van der Waals surface area contributed by atoms with E-state index >= 15 is 0 Å². The summed E-state index contributed by atoms with van der Waals surface area (Å²) >= 11 is 1.87. The number of nitrogens with zero attached hydrogens (tertiary/aromatic N) is 2. The van der Waals surface area contributed by atoms with Crippen LogP contribution in [0.5, 0.6) is 0 Å². The Labute approximate surface area is 200 Å². The highest BCUT2D eigenvalue weighted by atomic mass is 32.2. The predicted octanol–water partition coefficient (Wildman–Crippen LogP) is 5.06. The molecule has 0 bridgehead atoms. The Kier molecular flexibility index (Phi) is 7.51. The molecule has 0 N–H and O–H groups in total. The van der Waals surface area contributed by atoms with Crippen molar-refractivity contribution < 1.29 is 0 Å². The van der Waals surface area contributed by atoms with E-state index < -0.39 is 16.5 Å². The number of hydrogen-bond donors (Lipinski definition) is 0. The van der Waals surface area contributed by atoms with Crippen LogP contribution in [0.1, 0.15) is 20.8 Å².